The van der Waals surface area contributed by atoms with E-state index in [1.165, 1.54) is 0 Å². The van der Waals surface area contributed by atoms with Crippen molar-refractivity contribution in [2.24, 2.45) is 0 Å². The highest BCUT2D eigenvalue weighted by molar-refractivity contribution is 9.09. The molecule has 0 aromatic heterocycles. The lowest BCUT2D eigenvalue weighted by Gasteiger charge is -2.04. The Hall–Kier alpha value is -0.390. The predicted molar refractivity (Wildman–Crippen MR) is 59.4 cm³/mol. The summed E-state index contributed by atoms with van der Waals surface area (Å²) in [7, 11) is 0. The summed E-state index contributed by atoms with van der Waals surface area (Å²) in [6, 6.07) is 6.55. The molecular formula is C9H11BrO3S. The van der Waals surface area contributed by atoms with Crippen LogP contribution < -0.4 is 4.74 Å². The third-order valence-corrected chi connectivity index (χ3v) is 2.81. The molecule has 1 atom stereocenters. The van der Waals surface area contributed by atoms with Gasteiger partial charge in [-0.15, -0.1) is 0 Å². The van der Waals surface area contributed by atoms with E-state index < -0.39 is 11.1 Å². The van der Waals surface area contributed by atoms with Crippen molar-refractivity contribution < 1.29 is 13.5 Å². The average molecular weight is 279 g/mol. The molecule has 0 spiro atoms. The predicted octanol–water partition coefficient (Wildman–Crippen LogP) is 2.43. The molecule has 0 fully saturated rings. The lowest BCUT2D eigenvalue weighted by atomic mass is 10.3. The van der Waals surface area contributed by atoms with Gasteiger partial charge in [0.25, 0.3) is 0 Å². The molecule has 0 saturated heterocycles. The lowest BCUT2D eigenvalue weighted by Crippen LogP contribution is -1.97. The van der Waals surface area contributed by atoms with Crippen LogP contribution in [0.3, 0.4) is 0 Å². The number of alkyl halides is 1. The number of hydrogen-bond donors (Lipinski definition) is 1. The van der Waals surface area contributed by atoms with Crippen molar-refractivity contribution in [1.29, 1.82) is 0 Å². The molecule has 0 amide bonds. The number of halogens is 1. The Balaban J connectivity index is 2.51. The van der Waals surface area contributed by atoms with Crippen LogP contribution in [-0.2, 0) is 11.1 Å². The van der Waals surface area contributed by atoms with Crippen molar-refractivity contribution >= 4 is 27.0 Å². The zero-order valence-electron chi connectivity index (χ0n) is 7.48. The van der Waals surface area contributed by atoms with Crippen molar-refractivity contribution in [1.82, 2.24) is 0 Å². The summed E-state index contributed by atoms with van der Waals surface area (Å²) in [5.74, 6) is 0.722. The van der Waals surface area contributed by atoms with Gasteiger partial charge in [0.15, 0.2) is 11.1 Å². The molecule has 0 aliphatic rings. The van der Waals surface area contributed by atoms with E-state index in [9.17, 15) is 4.21 Å². The van der Waals surface area contributed by atoms with Gasteiger partial charge in [-0.25, -0.2) is 4.21 Å². The Kier molecular flexibility index (Phi) is 5.14. The van der Waals surface area contributed by atoms with Gasteiger partial charge in [0, 0.05) is 5.33 Å². The minimum absolute atomic E-state index is 0.387. The van der Waals surface area contributed by atoms with Gasteiger partial charge in [-0.1, -0.05) is 15.9 Å². The Bertz CT molecular complexity index is 299. The van der Waals surface area contributed by atoms with Crippen LogP contribution in [-0.4, -0.2) is 20.7 Å². The summed E-state index contributed by atoms with van der Waals surface area (Å²) in [6.45, 7) is 0.646. The number of rotatable bonds is 5. The fourth-order valence-corrected chi connectivity index (χ4v) is 1.49. The zero-order chi connectivity index (χ0) is 10.4. The molecule has 0 heterocycles. The second-order valence-corrected chi connectivity index (χ2v) is 4.37. The molecule has 1 unspecified atom stereocenters. The number of ether oxygens (including phenoxy) is 1. The van der Waals surface area contributed by atoms with Gasteiger partial charge in [-0.05, 0) is 30.7 Å². The van der Waals surface area contributed by atoms with E-state index in [0.717, 1.165) is 17.5 Å². The summed E-state index contributed by atoms with van der Waals surface area (Å²) in [4.78, 5) is 0.387. The molecular weight excluding hydrogens is 268 g/mol. The van der Waals surface area contributed by atoms with Gasteiger partial charge < -0.3 is 9.29 Å². The molecule has 0 aliphatic carbocycles. The van der Waals surface area contributed by atoms with Gasteiger partial charge >= 0.3 is 0 Å². The maximum atomic E-state index is 10.6. The topological polar surface area (TPSA) is 46.5 Å². The third-order valence-electron chi connectivity index (χ3n) is 1.57. The second-order valence-electron chi connectivity index (χ2n) is 2.61. The average Bonchev–Trinajstić information content (AvgIpc) is 2.19. The van der Waals surface area contributed by atoms with Crippen molar-refractivity contribution in [2.45, 2.75) is 11.3 Å². The molecule has 3 nitrogen and oxygen atoms in total. The van der Waals surface area contributed by atoms with Crippen molar-refractivity contribution in [3.8, 4) is 5.75 Å². The first-order valence-electron chi connectivity index (χ1n) is 4.13. The summed E-state index contributed by atoms with van der Waals surface area (Å²) in [5.41, 5.74) is 0. The Morgan fingerprint density at radius 1 is 1.36 bits per heavy atom. The number of benzene rings is 1. The highest BCUT2D eigenvalue weighted by Crippen LogP contribution is 2.14. The van der Waals surface area contributed by atoms with E-state index in [4.69, 9.17) is 9.29 Å². The van der Waals surface area contributed by atoms with Crippen LogP contribution >= 0.6 is 15.9 Å². The third kappa shape index (κ3) is 3.77. The molecule has 0 bridgehead atoms. The quantitative estimate of drug-likeness (QED) is 0.511. The van der Waals surface area contributed by atoms with E-state index in [0.29, 0.717) is 11.5 Å². The van der Waals surface area contributed by atoms with Gasteiger partial charge in [-0.3, -0.25) is 0 Å². The largest absolute Gasteiger partial charge is 0.494 e. The molecule has 14 heavy (non-hydrogen) atoms. The van der Waals surface area contributed by atoms with Crippen LogP contribution in [0.15, 0.2) is 29.2 Å². The maximum Gasteiger partial charge on any atom is 0.186 e. The summed E-state index contributed by atoms with van der Waals surface area (Å²) in [6.07, 6.45) is 0.938. The Labute approximate surface area is 93.9 Å². The van der Waals surface area contributed by atoms with E-state index >= 15 is 0 Å². The highest BCUT2D eigenvalue weighted by Gasteiger charge is 1.99. The minimum atomic E-state index is -1.91. The highest BCUT2D eigenvalue weighted by atomic mass is 79.9. The van der Waals surface area contributed by atoms with Gasteiger partial charge in [-0.2, -0.15) is 0 Å². The maximum absolute atomic E-state index is 10.6. The van der Waals surface area contributed by atoms with E-state index in [1.54, 1.807) is 24.3 Å². The Morgan fingerprint density at radius 3 is 2.50 bits per heavy atom. The summed E-state index contributed by atoms with van der Waals surface area (Å²) in [5, 5.41) is 0.908. The van der Waals surface area contributed by atoms with Crippen LogP contribution in [0.2, 0.25) is 0 Å². The molecule has 1 N–H and O–H groups in total. The summed E-state index contributed by atoms with van der Waals surface area (Å²) >= 11 is 1.39. The Morgan fingerprint density at radius 2 is 2.00 bits per heavy atom. The first kappa shape index (κ1) is 11.7. The molecule has 5 heteroatoms. The van der Waals surface area contributed by atoms with E-state index in [-0.39, 0.29) is 0 Å². The first-order chi connectivity index (χ1) is 6.74. The zero-order valence-corrected chi connectivity index (χ0v) is 9.88. The molecule has 78 valence electrons. The van der Waals surface area contributed by atoms with Gasteiger partial charge in [0.1, 0.15) is 5.75 Å². The molecule has 0 aliphatic heterocycles. The van der Waals surface area contributed by atoms with Crippen LogP contribution in [0.25, 0.3) is 0 Å². The van der Waals surface area contributed by atoms with Gasteiger partial charge in [0.2, 0.25) is 0 Å². The van der Waals surface area contributed by atoms with Crippen molar-refractivity contribution in [2.75, 3.05) is 11.9 Å². The lowest BCUT2D eigenvalue weighted by molar-refractivity contribution is 0.319. The standard InChI is InChI=1S/C9H11BrO3S/c10-6-1-7-13-8-2-4-9(5-3-8)14(11)12/h2-5H,1,6-7H2,(H,11,12). The van der Waals surface area contributed by atoms with Crippen molar-refractivity contribution in [3.63, 3.8) is 0 Å². The monoisotopic (exact) mass is 278 g/mol. The number of hydrogen-bond acceptors (Lipinski definition) is 2. The first-order valence-corrected chi connectivity index (χ1v) is 6.36. The smallest absolute Gasteiger partial charge is 0.186 e. The second kappa shape index (κ2) is 6.16. The normalized spacial score (nSPS) is 12.4. The van der Waals surface area contributed by atoms with Crippen LogP contribution in [0, 0.1) is 0 Å². The fraction of sp³-hybridized carbons (Fsp3) is 0.333. The van der Waals surface area contributed by atoms with Crippen molar-refractivity contribution in [3.05, 3.63) is 24.3 Å². The SMILES string of the molecule is O=S(O)c1ccc(OCCCBr)cc1. The van der Waals surface area contributed by atoms with Crippen LogP contribution in [0.5, 0.6) is 5.75 Å². The van der Waals surface area contributed by atoms with Crippen LogP contribution in [0.1, 0.15) is 6.42 Å². The minimum Gasteiger partial charge on any atom is -0.494 e. The summed E-state index contributed by atoms with van der Waals surface area (Å²) < 4.78 is 24.8. The van der Waals surface area contributed by atoms with E-state index in [2.05, 4.69) is 15.9 Å². The molecule has 0 radical (unpaired) electrons. The van der Waals surface area contributed by atoms with E-state index in [1.807, 2.05) is 0 Å². The molecule has 1 rings (SSSR count). The molecule has 1 aromatic rings. The molecule has 1 aromatic carbocycles. The molecule has 0 saturated carbocycles. The fourth-order valence-electron chi connectivity index (χ4n) is 0.897. The van der Waals surface area contributed by atoms with Gasteiger partial charge in [0.05, 0.1) is 11.5 Å². The van der Waals surface area contributed by atoms with Crippen LogP contribution in [0.4, 0.5) is 0 Å².